The average Bonchev–Trinajstić information content (AvgIpc) is 2.35. The minimum absolute atomic E-state index is 0.0423. The van der Waals surface area contributed by atoms with Crippen molar-refractivity contribution < 1.29 is 8.42 Å². The summed E-state index contributed by atoms with van der Waals surface area (Å²) in [5.74, 6) is 0.435. The zero-order chi connectivity index (χ0) is 15.7. The van der Waals surface area contributed by atoms with Gasteiger partial charge in [0, 0.05) is 34.7 Å². The number of hydrogen-bond donors (Lipinski definition) is 2. The fraction of sp³-hybridized carbons (Fsp3) is 0.200. The number of benzene rings is 2. The van der Waals surface area contributed by atoms with E-state index in [4.69, 9.17) is 23.2 Å². The van der Waals surface area contributed by atoms with Gasteiger partial charge in [-0.2, -0.15) is 0 Å². The van der Waals surface area contributed by atoms with Crippen LogP contribution < -0.4 is 10.0 Å². The predicted molar refractivity (Wildman–Crippen MR) is 89.3 cm³/mol. The Kier molecular flexibility index (Phi) is 4.32. The fourth-order valence-electron chi connectivity index (χ4n) is 2.28. The van der Waals surface area contributed by atoms with Gasteiger partial charge in [0.2, 0.25) is 0 Å². The third kappa shape index (κ3) is 3.38. The SMILES string of the molecule is O=S(=O)(Nc1cccc(C2CNC2)c1)c1cc(Cl)cc(Cl)c1. The molecule has 3 rings (SSSR count). The van der Waals surface area contributed by atoms with Crippen molar-refractivity contribution in [1.82, 2.24) is 5.32 Å². The zero-order valence-corrected chi connectivity index (χ0v) is 13.8. The fourth-order valence-corrected chi connectivity index (χ4v) is 4.05. The van der Waals surface area contributed by atoms with Gasteiger partial charge in [0.15, 0.2) is 0 Å². The second-order valence-electron chi connectivity index (χ2n) is 5.19. The van der Waals surface area contributed by atoms with Gasteiger partial charge in [0.05, 0.1) is 4.90 Å². The molecule has 0 unspecified atom stereocenters. The Morgan fingerprint density at radius 3 is 2.32 bits per heavy atom. The quantitative estimate of drug-likeness (QED) is 0.881. The highest BCUT2D eigenvalue weighted by atomic mass is 35.5. The van der Waals surface area contributed by atoms with E-state index < -0.39 is 10.0 Å². The topological polar surface area (TPSA) is 58.2 Å². The first kappa shape index (κ1) is 15.6. The Labute approximate surface area is 139 Å². The van der Waals surface area contributed by atoms with Crippen molar-refractivity contribution in [2.45, 2.75) is 10.8 Å². The number of anilines is 1. The molecule has 0 aromatic heterocycles. The maximum atomic E-state index is 12.4. The maximum absolute atomic E-state index is 12.4. The van der Waals surface area contributed by atoms with Gasteiger partial charge in [0.1, 0.15) is 0 Å². The zero-order valence-electron chi connectivity index (χ0n) is 11.5. The molecule has 1 heterocycles. The highest BCUT2D eigenvalue weighted by molar-refractivity contribution is 7.92. The molecule has 4 nitrogen and oxygen atoms in total. The summed E-state index contributed by atoms with van der Waals surface area (Å²) in [6.45, 7) is 1.83. The molecule has 2 aromatic rings. The van der Waals surface area contributed by atoms with Crippen molar-refractivity contribution in [3.05, 3.63) is 58.1 Å². The number of hydrogen-bond acceptors (Lipinski definition) is 3. The van der Waals surface area contributed by atoms with E-state index in [0.29, 0.717) is 11.6 Å². The van der Waals surface area contributed by atoms with E-state index >= 15 is 0 Å². The molecule has 0 spiro atoms. The normalized spacial score (nSPS) is 15.4. The third-order valence-corrected chi connectivity index (χ3v) is 5.34. The summed E-state index contributed by atoms with van der Waals surface area (Å²) in [5.41, 5.74) is 1.64. The Balaban J connectivity index is 1.87. The monoisotopic (exact) mass is 356 g/mol. The van der Waals surface area contributed by atoms with E-state index in [1.165, 1.54) is 18.2 Å². The van der Waals surface area contributed by atoms with Crippen LogP contribution >= 0.6 is 23.2 Å². The number of sulfonamides is 1. The maximum Gasteiger partial charge on any atom is 0.261 e. The molecular weight excluding hydrogens is 343 g/mol. The minimum atomic E-state index is -3.72. The molecule has 1 aliphatic heterocycles. The summed E-state index contributed by atoms with van der Waals surface area (Å²) in [5, 5.41) is 3.76. The van der Waals surface area contributed by atoms with E-state index in [-0.39, 0.29) is 14.9 Å². The van der Waals surface area contributed by atoms with Crippen molar-refractivity contribution in [2.75, 3.05) is 17.8 Å². The number of nitrogens with one attached hydrogen (secondary N) is 2. The molecule has 1 aliphatic rings. The van der Waals surface area contributed by atoms with Gasteiger partial charge in [-0.3, -0.25) is 4.72 Å². The van der Waals surface area contributed by atoms with Crippen LogP contribution in [0.3, 0.4) is 0 Å². The number of rotatable bonds is 4. The Morgan fingerprint density at radius 1 is 1.05 bits per heavy atom. The highest BCUT2D eigenvalue weighted by Gasteiger charge is 2.20. The lowest BCUT2D eigenvalue weighted by Crippen LogP contribution is -2.39. The van der Waals surface area contributed by atoms with Crippen LogP contribution in [0.1, 0.15) is 11.5 Å². The summed E-state index contributed by atoms with van der Waals surface area (Å²) in [6.07, 6.45) is 0. The Morgan fingerprint density at radius 2 is 1.73 bits per heavy atom. The van der Waals surface area contributed by atoms with E-state index in [1.807, 2.05) is 18.2 Å². The highest BCUT2D eigenvalue weighted by Crippen LogP contribution is 2.26. The summed E-state index contributed by atoms with van der Waals surface area (Å²) >= 11 is 11.7. The molecule has 0 bridgehead atoms. The molecule has 1 fully saturated rings. The molecule has 1 saturated heterocycles. The van der Waals surface area contributed by atoms with Crippen molar-refractivity contribution >= 4 is 38.9 Å². The van der Waals surface area contributed by atoms with Gasteiger partial charge < -0.3 is 5.32 Å². The second kappa shape index (κ2) is 6.08. The third-order valence-electron chi connectivity index (χ3n) is 3.54. The summed E-state index contributed by atoms with van der Waals surface area (Å²) in [6, 6.07) is 11.7. The first-order valence-electron chi connectivity index (χ1n) is 6.74. The van der Waals surface area contributed by atoms with Gasteiger partial charge in [-0.15, -0.1) is 0 Å². The molecular formula is C15H14Cl2N2O2S. The van der Waals surface area contributed by atoms with Crippen molar-refractivity contribution in [1.29, 1.82) is 0 Å². The van der Waals surface area contributed by atoms with Crippen LogP contribution in [0.15, 0.2) is 47.4 Å². The molecule has 22 heavy (non-hydrogen) atoms. The van der Waals surface area contributed by atoms with Crippen molar-refractivity contribution in [3.8, 4) is 0 Å². The minimum Gasteiger partial charge on any atom is -0.315 e. The van der Waals surface area contributed by atoms with Crippen LogP contribution in [-0.2, 0) is 10.0 Å². The van der Waals surface area contributed by atoms with E-state index in [9.17, 15) is 8.42 Å². The van der Waals surface area contributed by atoms with Crippen LogP contribution in [0.5, 0.6) is 0 Å². The second-order valence-corrected chi connectivity index (χ2v) is 7.75. The molecule has 116 valence electrons. The Hall–Kier alpha value is -1.27. The van der Waals surface area contributed by atoms with Gasteiger partial charge >= 0.3 is 0 Å². The first-order chi connectivity index (χ1) is 10.4. The van der Waals surface area contributed by atoms with Crippen LogP contribution in [-0.4, -0.2) is 21.5 Å². The molecule has 2 N–H and O–H groups in total. The summed E-state index contributed by atoms with van der Waals surface area (Å²) in [4.78, 5) is 0.0423. The summed E-state index contributed by atoms with van der Waals surface area (Å²) in [7, 11) is -3.72. The molecule has 2 aromatic carbocycles. The van der Waals surface area contributed by atoms with Gasteiger partial charge in [-0.05, 0) is 35.9 Å². The Bertz CT molecular complexity index is 785. The van der Waals surface area contributed by atoms with Gasteiger partial charge in [-0.1, -0.05) is 35.3 Å². The van der Waals surface area contributed by atoms with Gasteiger partial charge in [-0.25, -0.2) is 8.42 Å². The molecule has 7 heteroatoms. The van der Waals surface area contributed by atoms with Crippen LogP contribution in [0, 0.1) is 0 Å². The molecule has 0 saturated carbocycles. The van der Waals surface area contributed by atoms with E-state index in [2.05, 4.69) is 10.0 Å². The molecule has 0 aliphatic carbocycles. The molecule has 0 atom stereocenters. The lowest BCUT2D eigenvalue weighted by atomic mass is 9.94. The van der Waals surface area contributed by atoms with E-state index in [1.54, 1.807) is 6.07 Å². The number of halogens is 2. The van der Waals surface area contributed by atoms with E-state index in [0.717, 1.165) is 18.7 Å². The molecule has 0 amide bonds. The largest absolute Gasteiger partial charge is 0.315 e. The lowest BCUT2D eigenvalue weighted by Gasteiger charge is -2.27. The van der Waals surface area contributed by atoms with Crippen molar-refractivity contribution in [2.24, 2.45) is 0 Å². The summed E-state index contributed by atoms with van der Waals surface area (Å²) < 4.78 is 27.4. The van der Waals surface area contributed by atoms with Crippen LogP contribution in [0.25, 0.3) is 0 Å². The van der Waals surface area contributed by atoms with Crippen LogP contribution in [0.4, 0.5) is 5.69 Å². The first-order valence-corrected chi connectivity index (χ1v) is 8.97. The van der Waals surface area contributed by atoms with Crippen molar-refractivity contribution in [3.63, 3.8) is 0 Å². The average molecular weight is 357 g/mol. The van der Waals surface area contributed by atoms with Crippen LogP contribution in [0.2, 0.25) is 10.0 Å². The molecule has 0 radical (unpaired) electrons. The predicted octanol–water partition coefficient (Wildman–Crippen LogP) is 3.48. The smallest absolute Gasteiger partial charge is 0.261 e. The van der Waals surface area contributed by atoms with Gasteiger partial charge in [0.25, 0.3) is 10.0 Å². The standard InChI is InChI=1S/C15H14Cl2N2O2S/c16-12-5-13(17)7-15(6-12)22(20,21)19-14-3-1-2-10(4-14)11-8-18-9-11/h1-7,11,18-19H,8-9H2. The lowest BCUT2D eigenvalue weighted by molar-refractivity contribution is 0.448.